The van der Waals surface area contributed by atoms with Gasteiger partial charge in [-0.2, -0.15) is 0 Å². The first-order valence-electron chi connectivity index (χ1n) is 13.9. The number of aromatic nitrogens is 1. The molecule has 0 fully saturated rings. The molecule has 42 heavy (non-hydrogen) atoms. The molecule has 0 bridgehead atoms. The van der Waals surface area contributed by atoms with E-state index < -0.39 is 36.3 Å². The minimum Gasteiger partial charge on any atom is -0.444 e. The summed E-state index contributed by atoms with van der Waals surface area (Å²) in [6.45, 7) is 4.68. The molecule has 1 aromatic heterocycles. The Labute approximate surface area is 250 Å². The van der Waals surface area contributed by atoms with Gasteiger partial charge in [-0.15, -0.1) is 11.3 Å². The Kier molecular flexibility index (Phi) is 12.8. The predicted octanol–water partition coefficient (Wildman–Crippen LogP) is 4.37. The highest BCUT2D eigenvalue weighted by Crippen LogP contribution is 2.15. The molecule has 2 aromatic carbocycles. The average molecular weight is 597 g/mol. The van der Waals surface area contributed by atoms with Crippen LogP contribution in [-0.4, -0.2) is 58.5 Å². The molecular weight excluding hydrogens is 556 g/mol. The number of carbonyl (C=O) groups excluding carboxylic acids is 3. The van der Waals surface area contributed by atoms with Crippen LogP contribution < -0.4 is 16.0 Å². The fourth-order valence-corrected chi connectivity index (χ4v) is 4.76. The quantitative estimate of drug-likeness (QED) is 0.217. The largest absolute Gasteiger partial charge is 0.444 e. The molecule has 0 saturated carbocycles. The highest BCUT2D eigenvalue weighted by molar-refractivity contribution is 7.09. The SMILES string of the molecule is CC(C)(C)OC(=O)N[C@@H](CO)C(=O)N[C@@H](CC[C@@H](Cc1ccccc1)NC(=O)OCc1cncs1)Cc1ccccc1. The Hall–Kier alpha value is -3.96. The summed E-state index contributed by atoms with van der Waals surface area (Å²) in [6, 6.07) is 17.7. The maximum atomic E-state index is 13.2. The second kappa shape index (κ2) is 16.5. The van der Waals surface area contributed by atoms with Crippen molar-refractivity contribution < 1.29 is 29.0 Å². The molecule has 11 heteroatoms. The summed E-state index contributed by atoms with van der Waals surface area (Å²) in [6.07, 6.45) is 2.47. The summed E-state index contributed by atoms with van der Waals surface area (Å²) in [5, 5.41) is 18.3. The van der Waals surface area contributed by atoms with Crippen molar-refractivity contribution in [1.29, 1.82) is 0 Å². The van der Waals surface area contributed by atoms with Gasteiger partial charge in [0.1, 0.15) is 18.2 Å². The molecule has 0 aliphatic heterocycles. The van der Waals surface area contributed by atoms with Gasteiger partial charge in [0.05, 0.1) is 17.0 Å². The molecule has 0 saturated heterocycles. The zero-order valence-electron chi connectivity index (χ0n) is 24.2. The maximum Gasteiger partial charge on any atom is 0.408 e. The minimum atomic E-state index is -1.18. The van der Waals surface area contributed by atoms with Crippen molar-refractivity contribution >= 4 is 29.4 Å². The first-order valence-corrected chi connectivity index (χ1v) is 14.8. The van der Waals surface area contributed by atoms with E-state index in [0.717, 1.165) is 16.0 Å². The molecule has 0 aliphatic carbocycles. The van der Waals surface area contributed by atoms with Gasteiger partial charge in [0.25, 0.3) is 0 Å². The summed E-state index contributed by atoms with van der Waals surface area (Å²) >= 11 is 1.41. The van der Waals surface area contributed by atoms with Crippen LogP contribution in [0.4, 0.5) is 9.59 Å². The third-order valence-electron chi connectivity index (χ3n) is 6.20. The molecule has 0 aliphatic rings. The smallest absolute Gasteiger partial charge is 0.408 e. The van der Waals surface area contributed by atoms with E-state index in [0.29, 0.717) is 25.7 Å². The maximum absolute atomic E-state index is 13.2. The van der Waals surface area contributed by atoms with Crippen LogP contribution in [0.3, 0.4) is 0 Å². The van der Waals surface area contributed by atoms with E-state index in [1.54, 1.807) is 32.5 Å². The standard InChI is InChI=1S/C31H40N4O6S/c1-31(2,3)41-30(39)35-27(19-36)28(37)33-24(16-22-10-6-4-7-11-22)14-15-25(17-23-12-8-5-9-13-23)34-29(38)40-20-26-18-32-21-42-26/h4-13,18,21,24-25,27,36H,14-17,19-20H2,1-3H3,(H,33,37)(H,34,38)(H,35,39)/t24-,25-,27-/m0/s1. The Morgan fingerprint density at radius 3 is 1.93 bits per heavy atom. The van der Waals surface area contributed by atoms with Gasteiger partial charge >= 0.3 is 12.2 Å². The Bertz CT molecular complexity index is 1240. The number of nitrogens with zero attached hydrogens (tertiary/aromatic N) is 1. The van der Waals surface area contributed by atoms with Gasteiger partial charge in [0.15, 0.2) is 0 Å². The van der Waals surface area contributed by atoms with Crippen LogP contribution in [0.1, 0.15) is 49.6 Å². The Morgan fingerprint density at radius 1 is 0.857 bits per heavy atom. The van der Waals surface area contributed by atoms with Crippen LogP contribution in [0, 0.1) is 0 Å². The highest BCUT2D eigenvalue weighted by Gasteiger charge is 2.26. The van der Waals surface area contributed by atoms with Crippen molar-refractivity contribution in [3.8, 4) is 0 Å². The van der Waals surface area contributed by atoms with E-state index in [9.17, 15) is 19.5 Å². The molecule has 3 aromatic rings. The second-order valence-electron chi connectivity index (χ2n) is 10.9. The van der Waals surface area contributed by atoms with Crippen molar-refractivity contribution in [2.24, 2.45) is 0 Å². The summed E-state index contributed by atoms with van der Waals surface area (Å²) in [4.78, 5) is 42.9. The van der Waals surface area contributed by atoms with Gasteiger partial charge < -0.3 is 30.5 Å². The van der Waals surface area contributed by atoms with Crippen LogP contribution in [-0.2, 0) is 33.7 Å². The monoisotopic (exact) mass is 596 g/mol. The van der Waals surface area contributed by atoms with Crippen molar-refractivity contribution in [3.05, 3.63) is 88.4 Å². The fourth-order valence-electron chi connectivity index (χ4n) is 4.25. The van der Waals surface area contributed by atoms with Crippen LogP contribution in [0.25, 0.3) is 0 Å². The van der Waals surface area contributed by atoms with Crippen molar-refractivity contribution in [2.75, 3.05) is 6.61 Å². The van der Waals surface area contributed by atoms with E-state index in [1.807, 2.05) is 60.7 Å². The molecule has 0 spiro atoms. The summed E-state index contributed by atoms with van der Waals surface area (Å²) in [5.41, 5.74) is 3.00. The number of hydrogen-bond acceptors (Lipinski definition) is 8. The molecule has 3 amide bonds. The van der Waals surface area contributed by atoms with Gasteiger partial charge in [-0.1, -0.05) is 60.7 Å². The number of alkyl carbamates (subject to hydrolysis) is 2. The molecular formula is C31H40N4O6S. The molecule has 0 radical (unpaired) electrons. The first-order chi connectivity index (χ1) is 20.1. The number of rotatable bonds is 14. The lowest BCUT2D eigenvalue weighted by atomic mass is 9.96. The molecule has 10 nitrogen and oxygen atoms in total. The summed E-state index contributed by atoms with van der Waals surface area (Å²) in [7, 11) is 0. The molecule has 3 atom stereocenters. The number of aliphatic hydroxyl groups excluding tert-OH is 1. The summed E-state index contributed by atoms with van der Waals surface area (Å²) in [5.74, 6) is -0.527. The second-order valence-corrected chi connectivity index (χ2v) is 11.9. The topological polar surface area (TPSA) is 139 Å². The lowest BCUT2D eigenvalue weighted by Gasteiger charge is -2.26. The molecule has 226 valence electrons. The van der Waals surface area contributed by atoms with E-state index >= 15 is 0 Å². The number of thiazole rings is 1. The molecule has 3 rings (SSSR count). The molecule has 0 unspecified atom stereocenters. The number of benzene rings is 2. The van der Waals surface area contributed by atoms with Crippen molar-refractivity contribution in [2.45, 2.75) is 76.8 Å². The van der Waals surface area contributed by atoms with Crippen molar-refractivity contribution in [1.82, 2.24) is 20.9 Å². The lowest BCUT2D eigenvalue weighted by Crippen LogP contribution is -2.53. The normalized spacial score (nSPS) is 13.3. The average Bonchev–Trinajstić information content (AvgIpc) is 3.47. The van der Waals surface area contributed by atoms with Gasteiger partial charge in [0, 0.05) is 18.3 Å². The van der Waals surface area contributed by atoms with Crippen LogP contribution in [0.15, 0.2) is 72.4 Å². The minimum absolute atomic E-state index is 0.133. The van der Waals surface area contributed by atoms with Gasteiger partial charge in [0.2, 0.25) is 5.91 Å². The lowest BCUT2D eigenvalue weighted by molar-refractivity contribution is -0.124. The predicted molar refractivity (Wildman–Crippen MR) is 161 cm³/mol. The van der Waals surface area contributed by atoms with E-state index in [-0.39, 0.29) is 18.7 Å². The number of hydrogen-bond donors (Lipinski definition) is 4. The Balaban J connectivity index is 1.69. The third kappa shape index (κ3) is 12.3. The molecule has 4 N–H and O–H groups in total. The van der Waals surface area contributed by atoms with Crippen LogP contribution >= 0.6 is 11.3 Å². The fraction of sp³-hybridized carbons (Fsp3) is 0.419. The molecule has 1 heterocycles. The number of nitrogens with one attached hydrogen (secondary N) is 3. The van der Waals surface area contributed by atoms with Gasteiger partial charge in [-0.05, 0) is 57.6 Å². The number of amides is 3. The third-order valence-corrected chi connectivity index (χ3v) is 6.95. The van der Waals surface area contributed by atoms with Crippen LogP contribution in [0.2, 0.25) is 0 Å². The number of aliphatic hydroxyl groups is 1. The van der Waals surface area contributed by atoms with E-state index in [1.165, 1.54) is 11.3 Å². The van der Waals surface area contributed by atoms with E-state index in [2.05, 4.69) is 20.9 Å². The zero-order chi connectivity index (χ0) is 30.4. The van der Waals surface area contributed by atoms with Gasteiger partial charge in [-0.25, -0.2) is 9.59 Å². The highest BCUT2D eigenvalue weighted by atomic mass is 32.1. The Morgan fingerprint density at radius 2 is 1.43 bits per heavy atom. The van der Waals surface area contributed by atoms with Gasteiger partial charge in [-0.3, -0.25) is 9.78 Å². The van der Waals surface area contributed by atoms with E-state index in [4.69, 9.17) is 9.47 Å². The van der Waals surface area contributed by atoms with Crippen LogP contribution in [0.5, 0.6) is 0 Å². The zero-order valence-corrected chi connectivity index (χ0v) is 25.1. The number of carbonyl (C=O) groups is 3. The summed E-state index contributed by atoms with van der Waals surface area (Å²) < 4.78 is 10.7. The first kappa shape index (κ1) is 32.6. The number of ether oxygens (including phenoxy) is 2. The van der Waals surface area contributed by atoms with Crippen molar-refractivity contribution in [3.63, 3.8) is 0 Å².